The summed E-state index contributed by atoms with van der Waals surface area (Å²) in [5.74, 6) is 0. The summed E-state index contributed by atoms with van der Waals surface area (Å²) in [5.41, 5.74) is 1.55. The molecule has 3 heteroatoms. The van der Waals surface area contributed by atoms with Crippen molar-refractivity contribution in [3.05, 3.63) is 35.9 Å². The molecule has 1 N–H and O–H groups in total. The summed E-state index contributed by atoms with van der Waals surface area (Å²) in [7, 11) is 0. The van der Waals surface area contributed by atoms with Crippen LogP contribution in [-0.2, 0) is 11.2 Å². The van der Waals surface area contributed by atoms with Gasteiger partial charge in [-0.1, -0.05) is 30.3 Å². The van der Waals surface area contributed by atoms with Crippen molar-refractivity contribution in [2.24, 2.45) is 0 Å². The Morgan fingerprint density at radius 1 is 1.25 bits per heavy atom. The highest BCUT2D eigenvalue weighted by molar-refractivity contribution is 5.14. The highest BCUT2D eigenvalue weighted by Gasteiger charge is 2.38. The summed E-state index contributed by atoms with van der Waals surface area (Å²) in [4.78, 5) is 2.58. The smallest absolute Gasteiger partial charge is 0.0834 e. The maximum absolute atomic E-state index is 6.24. The van der Waals surface area contributed by atoms with E-state index < -0.39 is 0 Å². The molecule has 20 heavy (non-hydrogen) atoms. The van der Waals surface area contributed by atoms with E-state index in [0.717, 1.165) is 19.5 Å². The Bertz CT molecular complexity index is 412. The molecule has 2 fully saturated rings. The van der Waals surface area contributed by atoms with Gasteiger partial charge in [-0.05, 0) is 31.7 Å². The summed E-state index contributed by atoms with van der Waals surface area (Å²) < 4.78 is 6.24. The third-order valence-corrected chi connectivity index (χ3v) is 4.66. The summed E-state index contributed by atoms with van der Waals surface area (Å²) >= 11 is 0. The predicted octanol–water partition coefficient (Wildman–Crippen LogP) is 2.07. The van der Waals surface area contributed by atoms with Crippen LogP contribution in [0.5, 0.6) is 0 Å². The van der Waals surface area contributed by atoms with Crippen LogP contribution in [0.2, 0.25) is 0 Å². The molecule has 1 atom stereocenters. The molecule has 0 saturated carbocycles. The molecule has 2 saturated heterocycles. The van der Waals surface area contributed by atoms with Crippen LogP contribution in [0.15, 0.2) is 30.3 Å². The Hall–Kier alpha value is -0.900. The van der Waals surface area contributed by atoms with Crippen molar-refractivity contribution in [1.29, 1.82) is 0 Å². The molecule has 0 aliphatic carbocycles. The number of hydrogen-bond donors (Lipinski definition) is 1. The van der Waals surface area contributed by atoms with E-state index in [-0.39, 0.29) is 5.60 Å². The third-order valence-electron chi connectivity index (χ3n) is 4.66. The number of hydrogen-bond acceptors (Lipinski definition) is 3. The fraction of sp³-hybridized carbons (Fsp3) is 0.647. The number of piperidine rings is 1. The van der Waals surface area contributed by atoms with Crippen molar-refractivity contribution in [2.45, 2.75) is 37.9 Å². The molecule has 1 aromatic rings. The minimum atomic E-state index is 0.112. The molecule has 0 bridgehead atoms. The van der Waals surface area contributed by atoms with E-state index in [9.17, 15) is 0 Å². The second kappa shape index (κ2) is 6.25. The first-order valence-corrected chi connectivity index (χ1v) is 7.91. The molecule has 2 aliphatic rings. The Morgan fingerprint density at radius 2 is 2.00 bits per heavy atom. The van der Waals surface area contributed by atoms with Gasteiger partial charge in [0.25, 0.3) is 0 Å². The van der Waals surface area contributed by atoms with E-state index >= 15 is 0 Å². The number of likely N-dealkylation sites (tertiary alicyclic amines) is 1. The van der Waals surface area contributed by atoms with Crippen LogP contribution < -0.4 is 5.32 Å². The number of ether oxygens (including phenoxy) is 1. The zero-order chi connectivity index (χ0) is 13.8. The number of benzene rings is 1. The highest BCUT2D eigenvalue weighted by atomic mass is 16.5. The largest absolute Gasteiger partial charge is 0.369 e. The molecule has 110 valence electrons. The Balaban J connectivity index is 1.46. The van der Waals surface area contributed by atoms with Crippen LogP contribution in [0.25, 0.3) is 0 Å². The minimum Gasteiger partial charge on any atom is -0.369 e. The SMILES string of the molecule is CC1CNCC2(CCN(CCc3ccccc3)CC2)O1. The van der Waals surface area contributed by atoms with Gasteiger partial charge in [0.05, 0.1) is 11.7 Å². The molecule has 1 aromatic carbocycles. The number of morpholine rings is 1. The normalized spacial score (nSPS) is 26.8. The molecule has 3 nitrogen and oxygen atoms in total. The maximum Gasteiger partial charge on any atom is 0.0834 e. The monoisotopic (exact) mass is 274 g/mol. The molecule has 1 spiro atoms. The van der Waals surface area contributed by atoms with Gasteiger partial charge >= 0.3 is 0 Å². The lowest BCUT2D eigenvalue weighted by atomic mass is 9.89. The summed E-state index contributed by atoms with van der Waals surface area (Å²) in [6, 6.07) is 10.8. The van der Waals surface area contributed by atoms with Gasteiger partial charge in [-0.25, -0.2) is 0 Å². The lowest BCUT2D eigenvalue weighted by Gasteiger charge is -2.46. The molecule has 2 aliphatic heterocycles. The summed E-state index contributed by atoms with van der Waals surface area (Å²) in [5, 5.41) is 3.52. The molecular formula is C17H26N2O. The average molecular weight is 274 g/mol. The molecular weight excluding hydrogens is 248 g/mol. The molecule has 1 unspecified atom stereocenters. The number of nitrogens with one attached hydrogen (secondary N) is 1. The molecule has 0 amide bonds. The predicted molar refractivity (Wildman–Crippen MR) is 82.0 cm³/mol. The quantitative estimate of drug-likeness (QED) is 0.913. The van der Waals surface area contributed by atoms with E-state index in [2.05, 4.69) is 47.5 Å². The Labute approximate surface area is 122 Å². The van der Waals surface area contributed by atoms with Crippen molar-refractivity contribution in [1.82, 2.24) is 10.2 Å². The lowest BCUT2D eigenvalue weighted by Crippen LogP contribution is -2.58. The van der Waals surface area contributed by atoms with Gasteiger partial charge in [-0.3, -0.25) is 0 Å². The molecule has 0 aromatic heterocycles. The lowest BCUT2D eigenvalue weighted by molar-refractivity contribution is -0.135. The first-order chi connectivity index (χ1) is 9.76. The van der Waals surface area contributed by atoms with Gasteiger partial charge in [0.2, 0.25) is 0 Å². The van der Waals surface area contributed by atoms with Gasteiger partial charge in [0, 0.05) is 32.7 Å². The Kier molecular flexibility index (Phi) is 4.39. The van der Waals surface area contributed by atoms with Crippen molar-refractivity contribution < 1.29 is 4.74 Å². The van der Waals surface area contributed by atoms with Crippen LogP contribution in [0, 0.1) is 0 Å². The van der Waals surface area contributed by atoms with Crippen molar-refractivity contribution >= 4 is 0 Å². The number of nitrogens with zero attached hydrogens (tertiary/aromatic N) is 1. The van der Waals surface area contributed by atoms with E-state index in [0.29, 0.717) is 6.10 Å². The van der Waals surface area contributed by atoms with Crippen molar-refractivity contribution in [3.63, 3.8) is 0 Å². The van der Waals surface area contributed by atoms with Crippen LogP contribution in [0.1, 0.15) is 25.3 Å². The summed E-state index contributed by atoms with van der Waals surface area (Å²) in [6.45, 7) is 7.71. The second-order valence-corrected chi connectivity index (χ2v) is 6.32. The van der Waals surface area contributed by atoms with Gasteiger partial charge in [-0.2, -0.15) is 0 Å². The fourth-order valence-electron chi connectivity index (χ4n) is 3.42. The van der Waals surface area contributed by atoms with Gasteiger partial charge < -0.3 is 15.0 Å². The van der Waals surface area contributed by atoms with Crippen LogP contribution >= 0.6 is 0 Å². The fourth-order valence-corrected chi connectivity index (χ4v) is 3.42. The Morgan fingerprint density at radius 3 is 2.70 bits per heavy atom. The minimum absolute atomic E-state index is 0.112. The maximum atomic E-state index is 6.24. The molecule has 2 heterocycles. The zero-order valence-corrected chi connectivity index (χ0v) is 12.5. The van der Waals surface area contributed by atoms with E-state index in [1.165, 1.54) is 38.0 Å². The van der Waals surface area contributed by atoms with Gasteiger partial charge in [0.1, 0.15) is 0 Å². The van der Waals surface area contributed by atoms with Crippen molar-refractivity contribution in [2.75, 3.05) is 32.7 Å². The first-order valence-electron chi connectivity index (χ1n) is 7.91. The van der Waals surface area contributed by atoms with E-state index in [1.807, 2.05) is 0 Å². The average Bonchev–Trinajstić information content (AvgIpc) is 2.48. The molecule has 3 rings (SSSR count). The second-order valence-electron chi connectivity index (χ2n) is 6.32. The van der Waals surface area contributed by atoms with Crippen LogP contribution in [0.3, 0.4) is 0 Å². The zero-order valence-electron chi connectivity index (χ0n) is 12.5. The van der Waals surface area contributed by atoms with Gasteiger partial charge in [-0.15, -0.1) is 0 Å². The molecule has 0 radical (unpaired) electrons. The van der Waals surface area contributed by atoms with Crippen molar-refractivity contribution in [3.8, 4) is 0 Å². The number of rotatable bonds is 3. The third kappa shape index (κ3) is 3.40. The topological polar surface area (TPSA) is 24.5 Å². The van der Waals surface area contributed by atoms with Crippen LogP contribution in [-0.4, -0.2) is 49.3 Å². The van der Waals surface area contributed by atoms with Crippen LogP contribution in [0.4, 0.5) is 0 Å². The van der Waals surface area contributed by atoms with E-state index in [1.54, 1.807) is 0 Å². The summed E-state index contributed by atoms with van der Waals surface area (Å²) in [6.07, 6.45) is 3.85. The van der Waals surface area contributed by atoms with E-state index in [4.69, 9.17) is 4.74 Å². The standard InChI is InChI=1S/C17H26N2O/c1-15-13-18-14-17(20-15)8-11-19(12-9-17)10-7-16-5-3-2-4-6-16/h2-6,15,18H,7-14H2,1H3. The first kappa shape index (κ1) is 14.1. The highest BCUT2D eigenvalue weighted by Crippen LogP contribution is 2.29. The van der Waals surface area contributed by atoms with Gasteiger partial charge in [0.15, 0.2) is 0 Å².